The molecule has 29 heavy (non-hydrogen) atoms. The van der Waals surface area contributed by atoms with Crippen LogP contribution in [-0.2, 0) is 16.1 Å². The van der Waals surface area contributed by atoms with E-state index in [1.165, 1.54) is 10.5 Å². The van der Waals surface area contributed by atoms with E-state index in [-0.39, 0.29) is 17.7 Å². The number of para-hydroxylation sites is 1. The number of ether oxygens (including phenoxy) is 1. The SMILES string of the molecule is COCCN1C(=O)S/C(=C/c2c(C)n(Cc3ccccc3)c3ccccc23)C1=O. The van der Waals surface area contributed by atoms with Gasteiger partial charge in [-0.2, -0.15) is 0 Å². The van der Waals surface area contributed by atoms with Gasteiger partial charge in [0.25, 0.3) is 11.1 Å². The van der Waals surface area contributed by atoms with Crippen molar-refractivity contribution in [3.05, 3.63) is 76.3 Å². The van der Waals surface area contributed by atoms with Gasteiger partial charge in [0.2, 0.25) is 0 Å². The Bertz CT molecular complexity index is 1100. The van der Waals surface area contributed by atoms with Gasteiger partial charge in [-0.1, -0.05) is 48.5 Å². The Kier molecular flexibility index (Phi) is 5.56. The van der Waals surface area contributed by atoms with Crippen LogP contribution >= 0.6 is 11.8 Å². The molecule has 1 fully saturated rings. The summed E-state index contributed by atoms with van der Waals surface area (Å²) in [5.74, 6) is -0.253. The summed E-state index contributed by atoms with van der Waals surface area (Å²) in [5, 5.41) is 0.827. The lowest BCUT2D eigenvalue weighted by Crippen LogP contribution is -2.31. The molecular weight excluding hydrogens is 384 g/mol. The number of nitrogens with zero attached hydrogens (tertiary/aromatic N) is 2. The van der Waals surface area contributed by atoms with E-state index in [9.17, 15) is 9.59 Å². The van der Waals surface area contributed by atoms with Gasteiger partial charge < -0.3 is 9.30 Å². The highest BCUT2D eigenvalue weighted by atomic mass is 32.2. The van der Waals surface area contributed by atoms with Crippen molar-refractivity contribution in [3.8, 4) is 0 Å². The molecule has 2 aromatic carbocycles. The molecule has 0 saturated carbocycles. The fourth-order valence-corrected chi connectivity index (χ4v) is 4.46. The number of carbonyl (C=O) groups is 2. The molecule has 4 rings (SSSR count). The number of carbonyl (C=O) groups excluding carboxylic acids is 2. The summed E-state index contributed by atoms with van der Waals surface area (Å²) < 4.78 is 7.27. The topological polar surface area (TPSA) is 51.5 Å². The summed E-state index contributed by atoms with van der Waals surface area (Å²) >= 11 is 0.991. The largest absolute Gasteiger partial charge is 0.383 e. The van der Waals surface area contributed by atoms with Crippen molar-refractivity contribution >= 4 is 39.9 Å². The lowest BCUT2D eigenvalue weighted by Gasteiger charge is -2.10. The minimum atomic E-state index is -0.253. The molecule has 0 unspecified atom stereocenters. The first-order valence-electron chi connectivity index (χ1n) is 9.46. The smallest absolute Gasteiger partial charge is 0.293 e. The minimum absolute atomic E-state index is 0.246. The molecule has 0 N–H and O–H groups in total. The van der Waals surface area contributed by atoms with Gasteiger partial charge in [0.1, 0.15) is 0 Å². The Morgan fingerprint density at radius 2 is 1.76 bits per heavy atom. The predicted molar refractivity (Wildman–Crippen MR) is 117 cm³/mol. The first kappa shape index (κ1) is 19.5. The van der Waals surface area contributed by atoms with Crippen LogP contribution in [0.3, 0.4) is 0 Å². The van der Waals surface area contributed by atoms with Crippen molar-refractivity contribution in [2.45, 2.75) is 13.5 Å². The molecule has 5 nitrogen and oxygen atoms in total. The second-order valence-corrected chi connectivity index (χ2v) is 7.91. The number of hydrogen-bond acceptors (Lipinski definition) is 4. The highest BCUT2D eigenvalue weighted by Gasteiger charge is 2.35. The molecule has 6 heteroatoms. The Hall–Kier alpha value is -2.83. The Morgan fingerprint density at radius 1 is 1.03 bits per heavy atom. The Morgan fingerprint density at radius 3 is 2.52 bits per heavy atom. The van der Waals surface area contributed by atoms with Crippen LogP contribution < -0.4 is 0 Å². The maximum absolute atomic E-state index is 12.7. The molecular formula is C23H22N2O3S. The average Bonchev–Trinajstić information content (AvgIpc) is 3.15. The fraction of sp³-hybridized carbons (Fsp3) is 0.217. The van der Waals surface area contributed by atoms with E-state index in [0.717, 1.165) is 40.5 Å². The van der Waals surface area contributed by atoms with Crippen LogP contribution in [0.25, 0.3) is 17.0 Å². The normalized spacial score (nSPS) is 15.8. The van der Waals surface area contributed by atoms with Crippen LogP contribution in [0.2, 0.25) is 0 Å². The van der Waals surface area contributed by atoms with Crippen LogP contribution in [-0.4, -0.2) is 40.9 Å². The first-order valence-corrected chi connectivity index (χ1v) is 10.3. The number of imide groups is 1. The lowest BCUT2D eigenvalue weighted by molar-refractivity contribution is -0.123. The third kappa shape index (κ3) is 3.73. The molecule has 1 aromatic heterocycles. The number of amides is 2. The molecule has 3 aromatic rings. The monoisotopic (exact) mass is 406 g/mol. The van der Waals surface area contributed by atoms with Crippen LogP contribution in [0.15, 0.2) is 59.5 Å². The molecule has 1 aliphatic rings. The van der Waals surface area contributed by atoms with Crippen LogP contribution in [0, 0.1) is 6.92 Å². The van der Waals surface area contributed by atoms with Gasteiger partial charge in [-0.15, -0.1) is 0 Å². The zero-order valence-electron chi connectivity index (χ0n) is 16.4. The summed E-state index contributed by atoms with van der Waals surface area (Å²) in [4.78, 5) is 26.7. The zero-order chi connectivity index (χ0) is 20.4. The van der Waals surface area contributed by atoms with E-state index in [4.69, 9.17) is 4.74 Å². The summed E-state index contributed by atoms with van der Waals surface area (Å²) in [7, 11) is 1.56. The maximum atomic E-state index is 12.7. The fourth-order valence-electron chi connectivity index (χ4n) is 3.62. The third-order valence-corrected chi connectivity index (χ3v) is 6.04. The van der Waals surface area contributed by atoms with E-state index in [2.05, 4.69) is 35.8 Å². The molecule has 148 valence electrons. The highest BCUT2D eigenvalue weighted by molar-refractivity contribution is 8.18. The molecule has 0 radical (unpaired) electrons. The van der Waals surface area contributed by atoms with Crippen molar-refractivity contribution in [1.29, 1.82) is 0 Å². The summed E-state index contributed by atoms with van der Waals surface area (Å²) in [6.45, 7) is 3.41. The quantitative estimate of drug-likeness (QED) is 0.558. The first-order chi connectivity index (χ1) is 14.1. The Labute approximate surface area is 173 Å². The maximum Gasteiger partial charge on any atom is 0.293 e. The minimum Gasteiger partial charge on any atom is -0.383 e. The second kappa shape index (κ2) is 8.27. The van der Waals surface area contributed by atoms with Crippen molar-refractivity contribution in [3.63, 3.8) is 0 Å². The molecule has 0 aliphatic carbocycles. The number of methoxy groups -OCH3 is 1. The number of hydrogen-bond donors (Lipinski definition) is 0. The zero-order valence-corrected chi connectivity index (χ0v) is 17.2. The molecule has 2 amide bonds. The van der Waals surface area contributed by atoms with Crippen LogP contribution in [0.5, 0.6) is 0 Å². The van der Waals surface area contributed by atoms with E-state index in [0.29, 0.717) is 11.5 Å². The van der Waals surface area contributed by atoms with E-state index >= 15 is 0 Å². The van der Waals surface area contributed by atoms with Crippen molar-refractivity contribution in [1.82, 2.24) is 9.47 Å². The number of benzene rings is 2. The molecule has 0 bridgehead atoms. The number of fused-ring (bicyclic) bond motifs is 1. The summed E-state index contributed by atoms with van der Waals surface area (Å²) in [6, 6.07) is 18.5. The van der Waals surface area contributed by atoms with Crippen molar-refractivity contribution in [2.24, 2.45) is 0 Å². The predicted octanol–water partition coefficient (Wildman–Crippen LogP) is 4.68. The standard InChI is InChI=1S/C23H22N2O3S/c1-16-19(14-21-22(26)24(12-13-28-2)23(27)29-21)18-10-6-7-11-20(18)25(16)15-17-8-4-3-5-9-17/h3-11,14H,12-13,15H2,1-2H3/b21-14+. The van der Waals surface area contributed by atoms with E-state index < -0.39 is 0 Å². The average molecular weight is 407 g/mol. The lowest BCUT2D eigenvalue weighted by atomic mass is 10.1. The van der Waals surface area contributed by atoms with Crippen molar-refractivity contribution < 1.29 is 14.3 Å². The van der Waals surface area contributed by atoms with Gasteiger partial charge in [-0.05, 0) is 36.4 Å². The second-order valence-electron chi connectivity index (χ2n) is 6.91. The summed E-state index contributed by atoms with van der Waals surface area (Å²) in [5.41, 5.74) is 4.37. The van der Waals surface area contributed by atoms with Gasteiger partial charge in [0.15, 0.2) is 0 Å². The molecule has 0 spiro atoms. The van der Waals surface area contributed by atoms with Crippen molar-refractivity contribution in [2.75, 3.05) is 20.3 Å². The molecule has 0 atom stereocenters. The Balaban J connectivity index is 1.75. The highest BCUT2D eigenvalue weighted by Crippen LogP contribution is 2.35. The summed E-state index contributed by atoms with van der Waals surface area (Å²) in [6.07, 6.45) is 1.86. The van der Waals surface area contributed by atoms with Gasteiger partial charge in [-0.25, -0.2) is 0 Å². The molecule has 2 heterocycles. The van der Waals surface area contributed by atoms with Gasteiger partial charge in [0.05, 0.1) is 18.1 Å². The number of thioether (sulfide) groups is 1. The van der Waals surface area contributed by atoms with Crippen LogP contribution in [0.4, 0.5) is 4.79 Å². The van der Waals surface area contributed by atoms with E-state index in [1.54, 1.807) is 7.11 Å². The van der Waals surface area contributed by atoms with Gasteiger partial charge in [0, 0.05) is 35.8 Å². The van der Waals surface area contributed by atoms with Crippen LogP contribution in [0.1, 0.15) is 16.8 Å². The number of rotatable bonds is 6. The van der Waals surface area contributed by atoms with E-state index in [1.807, 2.05) is 36.4 Å². The van der Waals surface area contributed by atoms with Gasteiger partial charge in [-0.3, -0.25) is 14.5 Å². The van der Waals surface area contributed by atoms with Gasteiger partial charge >= 0.3 is 0 Å². The molecule has 1 saturated heterocycles. The molecule has 1 aliphatic heterocycles. The third-order valence-electron chi connectivity index (χ3n) is 5.13. The number of aromatic nitrogens is 1.